The third-order valence-corrected chi connectivity index (χ3v) is 5.02. The third kappa shape index (κ3) is 2.63. The maximum absolute atomic E-state index is 12.5. The summed E-state index contributed by atoms with van der Waals surface area (Å²) in [5.41, 5.74) is 0.931. The van der Waals surface area contributed by atoms with Gasteiger partial charge in [-0.2, -0.15) is 0 Å². The van der Waals surface area contributed by atoms with Gasteiger partial charge in [0.25, 0.3) is 5.91 Å². The summed E-state index contributed by atoms with van der Waals surface area (Å²) in [6.07, 6.45) is 0.960. The summed E-state index contributed by atoms with van der Waals surface area (Å²) < 4.78 is 24.3. The lowest BCUT2D eigenvalue weighted by Gasteiger charge is -2.26. The first-order valence-electron chi connectivity index (χ1n) is 7.11. The predicted octanol–water partition coefficient (Wildman–Crippen LogP) is 2.29. The summed E-state index contributed by atoms with van der Waals surface area (Å²) >= 11 is 0. The second-order valence-electron chi connectivity index (χ2n) is 5.49. The smallest absolute Gasteiger partial charge is 0.295 e. The van der Waals surface area contributed by atoms with Gasteiger partial charge in [0.05, 0.1) is 0 Å². The van der Waals surface area contributed by atoms with E-state index in [0.29, 0.717) is 11.3 Å². The molecule has 2 N–H and O–H groups in total. The molecule has 0 saturated heterocycles. The summed E-state index contributed by atoms with van der Waals surface area (Å²) in [5, 5.41) is 19.6. The number of benzene rings is 2. The standard InChI is InChI=1S/C17H15NO5S/c1-24(22,23)16-14(11-5-3-2-4-6-11)18(17(21)15(16)20)12-7-9-13(19)10-8-12/h2-10,14,19-20H,1H3/t14-/m1/s1. The molecule has 1 atom stereocenters. The molecule has 2 aromatic rings. The molecule has 0 aliphatic carbocycles. The summed E-state index contributed by atoms with van der Waals surface area (Å²) in [7, 11) is -3.81. The lowest BCUT2D eigenvalue weighted by Crippen LogP contribution is -2.30. The molecular weight excluding hydrogens is 330 g/mol. The Morgan fingerprint density at radius 2 is 1.54 bits per heavy atom. The number of sulfone groups is 1. The van der Waals surface area contributed by atoms with Gasteiger partial charge in [-0.05, 0) is 29.8 Å². The molecule has 1 aliphatic rings. The molecule has 0 fully saturated rings. The van der Waals surface area contributed by atoms with Crippen LogP contribution < -0.4 is 4.90 Å². The van der Waals surface area contributed by atoms with E-state index in [-0.39, 0.29) is 10.7 Å². The van der Waals surface area contributed by atoms with E-state index in [4.69, 9.17) is 0 Å². The number of nitrogens with zero attached hydrogens (tertiary/aromatic N) is 1. The molecule has 0 unspecified atom stereocenters. The monoisotopic (exact) mass is 345 g/mol. The van der Waals surface area contributed by atoms with E-state index in [1.54, 1.807) is 30.3 Å². The molecule has 7 heteroatoms. The first kappa shape index (κ1) is 16.1. The minimum absolute atomic E-state index is 0.0159. The molecule has 0 saturated carbocycles. The first-order chi connectivity index (χ1) is 11.3. The van der Waals surface area contributed by atoms with Crippen molar-refractivity contribution in [3.05, 3.63) is 70.8 Å². The van der Waals surface area contributed by atoms with E-state index in [9.17, 15) is 23.4 Å². The molecule has 0 radical (unpaired) electrons. The van der Waals surface area contributed by atoms with Crippen molar-refractivity contribution in [3.8, 4) is 5.75 Å². The zero-order valence-electron chi connectivity index (χ0n) is 12.7. The number of aliphatic hydroxyl groups excluding tert-OH is 1. The van der Waals surface area contributed by atoms with Crippen LogP contribution >= 0.6 is 0 Å². The van der Waals surface area contributed by atoms with Gasteiger partial charge in [0.15, 0.2) is 15.6 Å². The number of carbonyl (C=O) groups is 1. The van der Waals surface area contributed by atoms with Crippen LogP contribution in [0.15, 0.2) is 65.3 Å². The highest BCUT2D eigenvalue weighted by Crippen LogP contribution is 2.42. The molecule has 1 aliphatic heterocycles. The van der Waals surface area contributed by atoms with Crippen molar-refractivity contribution in [2.24, 2.45) is 0 Å². The number of carbonyl (C=O) groups excluding carboxylic acids is 1. The van der Waals surface area contributed by atoms with E-state index in [2.05, 4.69) is 0 Å². The van der Waals surface area contributed by atoms with Crippen LogP contribution in [0.5, 0.6) is 5.75 Å². The zero-order chi connectivity index (χ0) is 17.5. The average Bonchev–Trinajstić information content (AvgIpc) is 2.81. The van der Waals surface area contributed by atoms with Gasteiger partial charge in [0, 0.05) is 11.9 Å². The second kappa shape index (κ2) is 5.68. The minimum Gasteiger partial charge on any atom is -0.508 e. The van der Waals surface area contributed by atoms with Gasteiger partial charge < -0.3 is 10.2 Å². The van der Waals surface area contributed by atoms with E-state index in [1.165, 1.54) is 29.2 Å². The SMILES string of the molecule is CS(=O)(=O)C1=C(O)C(=O)N(c2ccc(O)cc2)[C@@H]1c1ccccc1. The summed E-state index contributed by atoms with van der Waals surface area (Å²) in [5.74, 6) is -1.56. The van der Waals surface area contributed by atoms with E-state index >= 15 is 0 Å². The Morgan fingerprint density at radius 3 is 2.08 bits per heavy atom. The highest BCUT2D eigenvalue weighted by molar-refractivity contribution is 7.94. The average molecular weight is 345 g/mol. The quantitative estimate of drug-likeness (QED) is 0.890. The topological polar surface area (TPSA) is 94.9 Å². The fourth-order valence-electron chi connectivity index (χ4n) is 2.78. The van der Waals surface area contributed by atoms with Crippen LogP contribution in [0.2, 0.25) is 0 Å². The summed E-state index contributed by atoms with van der Waals surface area (Å²) in [4.78, 5) is 13.4. The molecule has 1 amide bonds. The number of phenols is 1. The molecule has 6 nitrogen and oxygen atoms in total. The van der Waals surface area contributed by atoms with Crippen LogP contribution in [0.1, 0.15) is 11.6 Å². The van der Waals surface area contributed by atoms with Crippen LogP contribution in [-0.4, -0.2) is 30.8 Å². The van der Waals surface area contributed by atoms with Gasteiger partial charge in [-0.25, -0.2) is 8.42 Å². The van der Waals surface area contributed by atoms with Gasteiger partial charge in [0.2, 0.25) is 0 Å². The lowest BCUT2D eigenvalue weighted by atomic mass is 10.1. The Labute approximate surface area is 139 Å². The minimum atomic E-state index is -3.81. The number of anilines is 1. The molecule has 0 bridgehead atoms. The van der Waals surface area contributed by atoms with E-state index in [1.807, 2.05) is 0 Å². The van der Waals surface area contributed by atoms with Crippen molar-refractivity contribution >= 4 is 21.4 Å². The number of aromatic hydroxyl groups is 1. The van der Waals surface area contributed by atoms with Crippen LogP contribution in [0.4, 0.5) is 5.69 Å². The van der Waals surface area contributed by atoms with Crippen molar-refractivity contribution in [2.45, 2.75) is 6.04 Å². The molecule has 124 valence electrons. The first-order valence-corrected chi connectivity index (χ1v) is 9.00. The van der Waals surface area contributed by atoms with Crippen molar-refractivity contribution in [2.75, 3.05) is 11.2 Å². The molecule has 3 rings (SSSR count). The number of rotatable bonds is 3. The normalized spacial score (nSPS) is 18.3. The van der Waals surface area contributed by atoms with Crippen molar-refractivity contribution in [1.29, 1.82) is 0 Å². The maximum atomic E-state index is 12.5. The van der Waals surface area contributed by atoms with Crippen LogP contribution in [-0.2, 0) is 14.6 Å². The highest BCUT2D eigenvalue weighted by atomic mass is 32.2. The molecule has 1 heterocycles. The van der Waals surface area contributed by atoms with Gasteiger partial charge in [-0.15, -0.1) is 0 Å². The Morgan fingerprint density at radius 1 is 0.958 bits per heavy atom. The van der Waals surface area contributed by atoms with Gasteiger partial charge >= 0.3 is 0 Å². The lowest BCUT2D eigenvalue weighted by molar-refractivity contribution is -0.117. The van der Waals surface area contributed by atoms with Gasteiger partial charge in [0.1, 0.15) is 16.7 Å². The van der Waals surface area contributed by atoms with Crippen LogP contribution in [0, 0.1) is 0 Å². The molecule has 24 heavy (non-hydrogen) atoms. The third-order valence-electron chi connectivity index (χ3n) is 3.80. The van der Waals surface area contributed by atoms with Crippen LogP contribution in [0.25, 0.3) is 0 Å². The fraction of sp³-hybridized carbons (Fsp3) is 0.118. The number of phenolic OH excluding ortho intramolecular Hbond substituents is 1. The maximum Gasteiger partial charge on any atom is 0.295 e. The second-order valence-corrected chi connectivity index (χ2v) is 7.47. The molecular formula is C17H15NO5S. The molecule has 2 aromatic carbocycles. The van der Waals surface area contributed by atoms with Crippen molar-refractivity contribution in [1.82, 2.24) is 0 Å². The number of hydrogen-bond acceptors (Lipinski definition) is 5. The highest BCUT2D eigenvalue weighted by Gasteiger charge is 2.45. The largest absolute Gasteiger partial charge is 0.508 e. The Hall–Kier alpha value is -2.80. The van der Waals surface area contributed by atoms with Crippen molar-refractivity contribution in [3.63, 3.8) is 0 Å². The van der Waals surface area contributed by atoms with E-state index in [0.717, 1.165) is 6.26 Å². The molecule has 0 spiro atoms. The number of amides is 1. The van der Waals surface area contributed by atoms with Gasteiger partial charge in [-0.3, -0.25) is 9.69 Å². The van der Waals surface area contributed by atoms with E-state index < -0.39 is 27.5 Å². The Bertz CT molecular complexity index is 917. The van der Waals surface area contributed by atoms with Crippen molar-refractivity contribution < 1.29 is 23.4 Å². The summed E-state index contributed by atoms with van der Waals surface area (Å²) in [6, 6.07) is 13.4. The number of aliphatic hydroxyl groups is 1. The Kier molecular flexibility index (Phi) is 3.81. The Balaban J connectivity index is 2.22. The zero-order valence-corrected chi connectivity index (χ0v) is 13.6. The predicted molar refractivity (Wildman–Crippen MR) is 89.3 cm³/mol. The van der Waals surface area contributed by atoms with Crippen LogP contribution in [0.3, 0.4) is 0 Å². The number of hydrogen-bond donors (Lipinski definition) is 2. The molecule has 0 aromatic heterocycles. The van der Waals surface area contributed by atoms with Gasteiger partial charge in [-0.1, -0.05) is 30.3 Å². The fourth-order valence-corrected chi connectivity index (χ4v) is 3.86. The summed E-state index contributed by atoms with van der Waals surface area (Å²) in [6.45, 7) is 0.